The molecule has 0 aliphatic heterocycles. The number of rotatable bonds is 7. The van der Waals surface area contributed by atoms with Gasteiger partial charge in [0.25, 0.3) is 0 Å². The van der Waals surface area contributed by atoms with E-state index in [1.54, 1.807) is 31.3 Å². The Balaban J connectivity index is 2.43. The summed E-state index contributed by atoms with van der Waals surface area (Å²) in [6.45, 7) is 9.39. The number of nitrogens with one attached hydrogen (secondary N) is 1. The molecule has 1 N–H and O–H groups in total. The quantitative estimate of drug-likeness (QED) is 0.454. The van der Waals surface area contributed by atoms with Gasteiger partial charge in [-0.3, -0.25) is 14.8 Å². The minimum absolute atomic E-state index is 0.108. The van der Waals surface area contributed by atoms with E-state index in [1.807, 2.05) is 20.8 Å². The van der Waals surface area contributed by atoms with Crippen molar-refractivity contribution in [2.45, 2.75) is 38.0 Å². The Bertz CT molecular complexity index is 841. The summed E-state index contributed by atoms with van der Waals surface area (Å²) in [7, 11) is 0.337. The van der Waals surface area contributed by atoms with Crippen molar-refractivity contribution in [1.82, 2.24) is 19.5 Å². The number of aryl methyl sites for hydroxylation is 1. The van der Waals surface area contributed by atoms with Crippen LogP contribution in [0.25, 0.3) is 11.4 Å². The zero-order valence-electron chi connectivity index (χ0n) is 15.3. The molecule has 2 atom stereocenters. The van der Waals surface area contributed by atoms with Gasteiger partial charge in [0.05, 0.1) is 38.1 Å². The van der Waals surface area contributed by atoms with Crippen LogP contribution < -0.4 is 4.72 Å². The Morgan fingerprint density at radius 3 is 2.73 bits per heavy atom. The fraction of sp³-hybridized carbons (Fsp3) is 0.412. The molecule has 26 heavy (non-hydrogen) atoms. The molecular weight excluding hydrogens is 354 g/mol. The topological polar surface area (TPSA) is 103 Å². The molecule has 2 heterocycles. The molecule has 8 nitrogen and oxygen atoms in total. The lowest BCUT2D eigenvalue weighted by molar-refractivity contribution is -0.384. The highest BCUT2D eigenvalue weighted by Crippen LogP contribution is 2.29. The van der Waals surface area contributed by atoms with Crippen LogP contribution in [-0.4, -0.2) is 28.6 Å². The molecule has 0 aliphatic rings. The van der Waals surface area contributed by atoms with Gasteiger partial charge < -0.3 is 0 Å². The van der Waals surface area contributed by atoms with Gasteiger partial charge in [-0.1, -0.05) is 12.1 Å². The van der Waals surface area contributed by atoms with E-state index in [0.29, 0.717) is 23.5 Å². The lowest BCUT2D eigenvalue weighted by Crippen LogP contribution is -2.36. The van der Waals surface area contributed by atoms with Gasteiger partial charge in [-0.05, 0) is 39.3 Å². The zero-order chi connectivity index (χ0) is 19.5. The van der Waals surface area contributed by atoms with Crippen LogP contribution in [-0.2, 0) is 18.0 Å². The van der Waals surface area contributed by atoms with Crippen LogP contribution in [0.1, 0.15) is 38.9 Å². The molecule has 0 aliphatic carbocycles. The highest BCUT2D eigenvalue weighted by Gasteiger charge is 2.25. The van der Waals surface area contributed by atoms with Gasteiger partial charge in [-0.15, -0.1) is 6.58 Å². The van der Waals surface area contributed by atoms with Crippen LogP contribution in [0, 0.1) is 10.1 Å². The van der Waals surface area contributed by atoms with Crippen molar-refractivity contribution in [3.8, 4) is 11.4 Å². The molecule has 140 valence electrons. The number of hydrogen-bond donors (Lipinski definition) is 1. The third-order valence-electron chi connectivity index (χ3n) is 3.69. The first-order valence-electron chi connectivity index (χ1n) is 8.07. The van der Waals surface area contributed by atoms with Gasteiger partial charge in [0, 0.05) is 7.05 Å². The molecule has 0 aromatic carbocycles. The van der Waals surface area contributed by atoms with E-state index in [9.17, 15) is 14.3 Å². The van der Waals surface area contributed by atoms with Gasteiger partial charge >= 0.3 is 5.69 Å². The monoisotopic (exact) mass is 377 g/mol. The van der Waals surface area contributed by atoms with Crippen molar-refractivity contribution in [2.75, 3.05) is 0 Å². The molecule has 0 spiro atoms. The normalized spacial score (nSPS) is 14.0. The lowest BCUT2D eigenvalue weighted by atomic mass is 10.1. The first kappa shape index (κ1) is 19.9. The molecule has 0 radical (unpaired) electrons. The molecule has 0 saturated carbocycles. The molecule has 0 bridgehead atoms. The van der Waals surface area contributed by atoms with Gasteiger partial charge in [0.2, 0.25) is 0 Å². The van der Waals surface area contributed by atoms with Crippen molar-refractivity contribution in [1.29, 1.82) is 0 Å². The fourth-order valence-electron chi connectivity index (χ4n) is 2.34. The molecule has 0 saturated heterocycles. The lowest BCUT2D eigenvalue weighted by Gasteiger charge is -2.23. The number of pyridine rings is 1. The van der Waals surface area contributed by atoms with Crippen LogP contribution >= 0.6 is 0 Å². The van der Waals surface area contributed by atoms with Crippen LogP contribution in [0.2, 0.25) is 0 Å². The minimum Gasteiger partial charge on any atom is -0.259 e. The standard InChI is InChI=1S/C17H23N5O3S/c1-6-8-13(20-26(25)17(2,3)4)12-9-7-10-14(19-12)16-15(22(23)24)11-18-21(16)5/h6-7,9-11,13,20H,1,8H2,2-5H3/t13-,26?/m1/s1. The summed E-state index contributed by atoms with van der Waals surface area (Å²) in [4.78, 5) is 15.3. The van der Waals surface area contributed by atoms with E-state index in [-0.39, 0.29) is 11.7 Å². The van der Waals surface area contributed by atoms with Crippen molar-refractivity contribution in [3.05, 3.63) is 52.9 Å². The smallest absolute Gasteiger partial charge is 0.259 e. The van der Waals surface area contributed by atoms with E-state index < -0.39 is 20.7 Å². The van der Waals surface area contributed by atoms with Gasteiger partial charge in [-0.25, -0.2) is 13.9 Å². The van der Waals surface area contributed by atoms with E-state index in [2.05, 4.69) is 21.4 Å². The summed E-state index contributed by atoms with van der Waals surface area (Å²) >= 11 is 0. The van der Waals surface area contributed by atoms with Gasteiger partial charge in [-0.2, -0.15) is 5.10 Å². The summed E-state index contributed by atoms with van der Waals surface area (Å²) in [5.41, 5.74) is 1.29. The minimum atomic E-state index is -1.29. The maximum atomic E-state index is 12.5. The van der Waals surface area contributed by atoms with Crippen LogP contribution in [0.5, 0.6) is 0 Å². The second-order valence-corrected chi connectivity index (χ2v) is 8.78. The summed E-state index contributed by atoms with van der Waals surface area (Å²) < 4.78 is 16.5. The summed E-state index contributed by atoms with van der Waals surface area (Å²) in [5.74, 6) is 0. The molecule has 2 rings (SSSR count). The Kier molecular flexibility index (Phi) is 6.04. The fourth-order valence-corrected chi connectivity index (χ4v) is 3.16. The molecule has 2 aromatic rings. The highest BCUT2D eigenvalue weighted by atomic mass is 32.2. The van der Waals surface area contributed by atoms with Gasteiger partial charge in [0.15, 0.2) is 5.69 Å². The first-order chi connectivity index (χ1) is 12.1. The Labute approximate surface area is 155 Å². The second kappa shape index (κ2) is 7.88. The molecule has 0 amide bonds. The van der Waals surface area contributed by atoms with Crippen molar-refractivity contribution in [3.63, 3.8) is 0 Å². The SMILES string of the molecule is C=CC[C@@H](NS(=O)C(C)(C)C)c1cccc(-c2c([N+](=O)[O-])cnn2C)n1. The Morgan fingerprint density at radius 2 is 2.15 bits per heavy atom. The van der Waals surface area contributed by atoms with Gasteiger partial charge in [0.1, 0.15) is 6.20 Å². The van der Waals surface area contributed by atoms with E-state index in [4.69, 9.17) is 0 Å². The van der Waals surface area contributed by atoms with E-state index in [1.165, 1.54) is 10.9 Å². The molecule has 1 unspecified atom stereocenters. The van der Waals surface area contributed by atoms with Crippen molar-refractivity contribution in [2.24, 2.45) is 7.05 Å². The zero-order valence-corrected chi connectivity index (χ0v) is 16.1. The first-order valence-corrected chi connectivity index (χ1v) is 9.22. The molecule has 2 aromatic heterocycles. The number of hydrogen-bond acceptors (Lipinski definition) is 5. The highest BCUT2D eigenvalue weighted by molar-refractivity contribution is 7.84. The van der Waals surface area contributed by atoms with E-state index >= 15 is 0 Å². The third kappa shape index (κ3) is 4.41. The molecule has 9 heteroatoms. The summed E-state index contributed by atoms with van der Waals surface area (Å²) in [6.07, 6.45) is 3.45. The van der Waals surface area contributed by atoms with Crippen LogP contribution in [0.3, 0.4) is 0 Å². The number of aromatic nitrogens is 3. The number of nitrogens with zero attached hydrogens (tertiary/aromatic N) is 4. The maximum Gasteiger partial charge on any atom is 0.316 e. The Morgan fingerprint density at radius 1 is 1.46 bits per heavy atom. The van der Waals surface area contributed by atoms with Crippen molar-refractivity contribution < 1.29 is 9.13 Å². The van der Waals surface area contributed by atoms with Crippen LogP contribution in [0.4, 0.5) is 5.69 Å². The third-order valence-corrected chi connectivity index (χ3v) is 5.31. The largest absolute Gasteiger partial charge is 0.316 e. The average molecular weight is 377 g/mol. The summed E-state index contributed by atoms with van der Waals surface area (Å²) in [6, 6.07) is 4.94. The average Bonchev–Trinajstić information content (AvgIpc) is 2.95. The van der Waals surface area contributed by atoms with Crippen LogP contribution in [0.15, 0.2) is 37.1 Å². The second-order valence-electron chi connectivity index (χ2n) is 6.78. The van der Waals surface area contributed by atoms with Crippen molar-refractivity contribution >= 4 is 16.7 Å². The number of nitro groups is 1. The predicted octanol–water partition coefficient (Wildman–Crippen LogP) is 3.06. The summed E-state index contributed by atoms with van der Waals surface area (Å²) in [5, 5.41) is 15.2. The molecular formula is C17H23N5O3S. The Hall–Kier alpha value is -2.39. The maximum absolute atomic E-state index is 12.5. The molecule has 0 fully saturated rings. The predicted molar refractivity (Wildman–Crippen MR) is 102 cm³/mol. The van der Waals surface area contributed by atoms with E-state index in [0.717, 1.165) is 0 Å².